The molecule has 6 heteroatoms. The molecule has 1 amide bonds. The number of rotatable bonds is 4. The molecule has 0 spiro atoms. The summed E-state index contributed by atoms with van der Waals surface area (Å²) in [5, 5.41) is -0.0355. The smallest absolute Gasteiger partial charge is 0.410 e. The van der Waals surface area contributed by atoms with Gasteiger partial charge in [-0.15, -0.1) is 6.58 Å². The number of amides is 1. The average Bonchev–Trinajstić information content (AvgIpc) is 2.37. The quantitative estimate of drug-likeness (QED) is 0.775. The fraction of sp³-hybridized carbons (Fsp3) is 0.467. The molecule has 0 aliphatic heterocycles. The van der Waals surface area contributed by atoms with Crippen LogP contribution >= 0.6 is 11.6 Å². The zero-order valence-corrected chi connectivity index (χ0v) is 13.4. The maximum absolute atomic E-state index is 14.1. The number of ether oxygens (including phenoxy) is 1. The molecule has 0 aliphatic rings. The normalized spacial score (nSPS) is 12.7. The molecule has 0 bridgehead atoms. The van der Waals surface area contributed by atoms with Gasteiger partial charge in [0.15, 0.2) is 5.82 Å². The Morgan fingerprint density at radius 2 is 2.24 bits per heavy atom. The standard InChI is InChI=1S/C15H20ClFN2O2/c1-6-7-11(13-12(17)10(16)8-9-18-13)19(5)14(20)21-15(2,3)4/h6,8-9,11H,1,7H2,2-5H3/t11-/m0/s1. The molecule has 21 heavy (non-hydrogen) atoms. The summed E-state index contributed by atoms with van der Waals surface area (Å²) in [5.74, 6) is -0.638. The number of hydrogen-bond donors (Lipinski definition) is 0. The third-order valence-electron chi connectivity index (χ3n) is 2.72. The van der Waals surface area contributed by atoms with Crippen LogP contribution in [0.3, 0.4) is 0 Å². The fourth-order valence-corrected chi connectivity index (χ4v) is 1.89. The van der Waals surface area contributed by atoms with Crippen LogP contribution < -0.4 is 0 Å². The molecule has 1 atom stereocenters. The Kier molecular flexibility index (Phi) is 5.72. The lowest BCUT2D eigenvalue weighted by Crippen LogP contribution is -2.37. The number of carbonyl (C=O) groups is 1. The predicted molar refractivity (Wildman–Crippen MR) is 80.8 cm³/mol. The number of pyridine rings is 1. The van der Waals surface area contributed by atoms with Crippen LogP contribution in [0.4, 0.5) is 9.18 Å². The van der Waals surface area contributed by atoms with Gasteiger partial charge in [-0.1, -0.05) is 17.7 Å². The Bertz CT molecular complexity index is 529. The van der Waals surface area contributed by atoms with Gasteiger partial charge in [0.25, 0.3) is 0 Å². The van der Waals surface area contributed by atoms with Gasteiger partial charge in [-0.3, -0.25) is 4.98 Å². The van der Waals surface area contributed by atoms with Crippen molar-refractivity contribution in [2.24, 2.45) is 0 Å². The van der Waals surface area contributed by atoms with Crippen molar-refractivity contribution in [2.75, 3.05) is 7.05 Å². The van der Waals surface area contributed by atoms with E-state index in [1.54, 1.807) is 26.8 Å². The summed E-state index contributed by atoms with van der Waals surface area (Å²) in [4.78, 5) is 17.4. The first-order valence-corrected chi connectivity index (χ1v) is 6.91. The zero-order valence-electron chi connectivity index (χ0n) is 12.7. The highest BCUT2D eigenvalue weighted by Gasteiger charge is 2.29. The lowest BCUT2D eigenvalue weighted by atomic mass is 10.1. The monoisotopic (exact) mass is 314 g/mol. The van der Waals surface area contributed by atoms with Crippen LogP contribution in [0.5, 0.6) is 0 Å². The van der Waals surface area contributed by atoms with E-state index >= 15 is 0 Å². The molecule has 0 N–H and O–H groups in total. The van der Waals surface area contributed by atoms with Gasteiger partial charge < -0.3 is 9.64 Å². The Hall–Kier alpha value is -1.62. The van der Waals surface area contributed by atoms with Crippen LogP contribution in [0, 0.1) is 5.82 Å². The van der Waals surface area contributed by atoms with Crippen LogP contribution in [0.2, 0.25) is 5.02 Å². The first-order valence-electron chi connectivity index (χ1n) is 6.54. The molecule has 0 unspecified atom stereocenters. The van der Waals surface area contributed by atoms with Crippen LogP contribution in [-0.2, 0) is 4.74 Å². The van der Waals surface area contributed by atoms with Crippen molar-refractivity contribution >= 4 is 17.7 Å². The molecule has 1 rings (SSSR count). The molecule has 116 valence electrons. The second-order valence-electron chi connectivity index (χ2n) is 5.62. The van der Waals surface area contributed by atoms with E-state index in [0.29, 0.717) is 6.42 Å². The van der Waals surface area contributed by atoms with Crippen molar-refractivity contribution in [3.63, 3.8) is 0 Å². The van der Waals surface area contributed by atoms with E-state index in [1.807, 2.05) is 0 Å². The van der Waals surface area contributed by atoms with Crippen molar-refractivity contribution < 1.29 is 13.9 Å². The Balaban J connectivity index is 3.09. The molecular formula is C15H20ClFN2O2. The van der Waals surface area contributed by atoms with Gasteiger partial charge in [-0.05, 0) is 33.3 Å². The molecule has 0 saturated carbocycles. The highest BCUT2D eigenvalue weighted by atomic mass is 35.5. The van der Waals surface area contributed by atoms with Crippen molar-refractivity contribution in [3.8, 4) is 0 Å². The van der Waals surface area contributed by atoms with E-state index in [0.717, 1.165) is 0 Å². The molecule has 1 aromatic rings. The number of aromatic nitrogens is 1. The Morgan fingerprint density at radius 3 is 2.76 bits per heavy atom. The van der Waals surface area contributed by atoms with E-state index in [4.69, 9.17) is 16.3 Å². The largest absolute Gasteiger partial charge is 0.444 e. The summed E-state index contributed by atoms with van der Waals surface area (Å²) in [6, 6.07) is 0.731. The summed E-state index contributed by atoms with van der Waals surface area (Å²) in [6.07, 6.45) is 2.77. The van der Waals surface area contributed by atoms with E-state index in [2.05, 4.69) is 11.6 Å². The molecule has 1 heterocycles. The Morgan fingerprint density at radius 1 is 1.62 bits per heavy atom. The zero-order chi connectivity index (χ0) is 16.2. The summed E-state index contributed by atoms with van der Waals surface area (Å²) in [7, 11) is 1.53. The maximum Gasteiger partial charge on any atom is 0.410 e. The minimum absolute atomic E-state index is 0.0355. The van der Waals surface area contributed by atoms with E-state index < -0.39 is 23.6 Å². The van der Waals surface area contributed by atoms with Crippen LogP contribution in [0.25, 0.3) is 0 Å². The van der Waals surface area contributed by atoms with Gasteiger partial charge in [0.2, 0.25) is 0 Å². The second-order valence-corrected chi connectivity index (χ2v) is 6.03. The average molecular weight is 315 g/mol. The first-order chi connectivity index (χ1) is 9.67. The third-order valence-corrected chi connectivity index (χ3v) is 3.02. The number of halogens is 2. The van der Waals surface area contributed by atoms with Crippen molar-refractivity contribution in [3.05, 3.63) is 41.5 Å². The third kappa shape index (κ3) is 4.70. The highest BCUT2D eigenvalue weighted by molar-refractivity contribution is 6.30. The van der Waals surface area contributed by atoms with E-state index in [1.165, 1.54) is 24.2 Å². The minimum Gasteiger partial charge on any atom is -0.444 e. The second kappa shape index (κ2) is 6.89. The lowest BCUT2D eigenvalue weighted by Gasteiger charge is -2.30. The van der Waals surface area contributed by atoms with Gasteiger partial charge in [-0.2, -0.15) is 0 Å². The Labute approximate surface area is 129 Å². The molecule has 0 saturated heterocycles. The number of hydrogen-bond acceptors (Lipinski definition) is 3. The minimum atomic E-state index is -0.638. The molecule has 1 aromatic heterocycles. The van der Waals surface area contributed by atoms with Crippen molar-refractivity contribution in [1.82, 2.24) is 9.88 Å². The molecule has 4 nitrogen and oxygen atoms in total. The number of nitrogens with zero attached hydrogens (tertiary/aromatic N) is 2. The maximum atomic E-state index is 14.1. The van der Waals surface area contributed by atoms with Gasteiger partial charge in [0.1, 0.15) is 11.3 Å². The first kappa shape index (κ1) is 17.4. The molecule has 0 aliphatic carbocycles. The molecule has 0 radical (unpaired) electrons. The van der Waals surface area contributed by atoms with Gasteiger partial charge in [-0.25, -0.2) is 9.18 Å². The predicted octanol–water partition coefficient (Wildman–Crippen LogP) is 4.36. The van der Waals surface area contributed by atoms with Crippen molar-refractivity contribution in [2.45, 2.75) is 38.8 Å². The summed E-state index contributed by atoms with van der Waals surface area (Å²) >= 11 is 5.77. The fourth-order valence-electron chi connectivity index (χ4n) is 1.74. The van der Waals surface area contributed by atoms with Crippen LogP contribution in [0.1, 0.15) is 38.9 Å². The SMILES string of the molecule is C=CC[C@@H](c1nccc(Cl)c1F)N(C)C(=O)OC(C)(C)C. The van der Waals surface area contributed by atoms with Gasteiger partial charge in [0.05, 0.1) is 11.1 Å². The summed E-state index contributed by atoms with van der Waals surface area (Å²) in [6.45, 7) is 8.92. The van der Waals surface area contributed by atoms with Crippen LogP contribution in [-0.4, -0.2) is 28.6 Å². The van der Waals surface area contributed by atoms with Gasteiger partial charge >= 0.3 is 6.09 Å². The van der Waals surface area contributed by atoms with Crippen LogP contribution in [0.15, 0.2) is 24.9 Å². The lowest BCUT2D eigenvalue weighted by molar-refractivity contribution is 0.0215. The van der Waals surface area contributed by atoms with Crippen molar-refractivity contribution in [1.29, 1.82) is 0 Å². The van der Waals surface area contributed by atoms with Gasteiger partial charge in [0, 0.05) is 13.2 Å². The topological polar surface area (TPSA) is 42.4 Å². The number of carbonyl (C=O) groups excluding carboxylic acids is 1. The molecule has 0 aromatic carbocycles. The molecule has 0 fully saturated rings. The highest BCUT2D eigenvalue weighted by Crippen LogP contribution is 2.28. The summed E-state index contributed by atoms with van der Waals surface area (Å²) < 4.78 is 19.4. The molecular weight excluding hydrogens is 295 g/mol. The van der Waals surface area contributed by atoms with E-state index in [-0.39, 0.29) is 10.7 Å². The summed E-state index contributed by atoms with van der Waals surface area (Å²) in [5.41, 5.74) is -0.541. The van der Waals surface area contributed by atoms with E-state index in [9.17, 15) is 9.18 Å².